The van der Waals surface area contributed by atoms with Crippen molar-refractivity contribution in [1.29, 1.82) is 0 Å². The van der Waals surface area contributed by atoms with Crippen LogP contribution in [0.2, 0.25) is 0 Å². The molecule has 1 nitrogen and oxygen atoms in total. The van der Waals surface area contributed by atoms with Crippen molar-refractivity contribution in [2.24, 2.45) is 5.41 Å². The Bertz CT molecular complexity index is 59.5. The summed E-state index contributed by atoms with van der Waals surface area (Å²) >= 11 is 0. The standard InChI is InChI=1S/C7H16O.CH4/c1-6(2,3)7(4,5)8;/h8H,1-5H3;1H4. The maximum Gasteiger partial charge on any atom is 0.0639 e. The summed E-state index contributed by atoms with van der Waals surface area (Å²) in [4.78, 5) is 0. The van der Waals surface area contributed by atoms with Crippen LogP contribution in [-0.4, -0.2) is 10.7 Å². The van der Waals surface area contributed by atoms with E-state index in [-0.39, 0.29) is 12.8 Å². The number of hydrogen-bond donors (Lipinski definition) is 1. The molecule has 0 aliphatic rings. The lowest BCUT2D eigenvalue weighted by atomic mass is 9.79. The van der Waals surface area contributed by atoms with E-state index < -0.39 is 5.60 Å². The van der Waals surface area contributed by atoms with E-state index >= 15 is 0 Å². The fourth-order valence-corrected chi connectivity index (χ4v) is 0. The second kappa shape index (κ2) is 2.70. The Balaban J connectivity index is 0. The molecule has 0 aromatic rings. The topological polar surface area (TPSA) is 20.2 Å². The fourth-order valence-electron chi connectivity index (χ4n) is 0. The summed E-state index contributed by atoms with van der Waals surface area (Å²) in [6.07, 6.45) is 0. The van der Waals surface area contributed by atoms with Crippen molar-refractivity contribution in [1.82, 2.24) is 0 Å². The molecule has 0 aromatic carbocycles. The van der Waals surface area contributed by atoms with Gasteiger partial charge < -0.3 is 5.11 Å². The number of hydrogen-bond acceptors (Lipinski definition) is 1. The average Bonchev–Trinajstić information content (AvgIpc) is 1.25. The van der Waals surface area contributed by atoms with Crippen LogP contribution in [0.5, 0.6) is 0 Å². The van der Waals surface area contributed by atoms with E-state index in [1.165, 1.54) is 0 Å². The molecule has 0 saturated carbocycles. The van der Waals surface area contributed by atoms with Crippen molar-refractivity contribution in [2.45, 2.75) is 47.6 Å². The van der Waals surface area contributed by atoms with Gasteiger partial charge in [0.05, 0.1) is 5.60 Å². The molecule has 0 rings (SSSR count). The van der Waals surface area contributed by atoms with Crippen LogP contribution >= 0.6 is 0 Å². The van der Waals surface area contributed by atoms with Crippen LogP contribution in [0, 0.1) is 5.41 Å². The summed E-state index contributed by atoms with van der Waals surface area (Å²) in [5.74, 6) is 0. The van der Waals surface area contributed by atoms with E-state index in [9.17, 15) is 5.11 Å². The highest BCUT2D eigenvalue weighted by Gasteiger charge is 2.29. The zero-order valence-corrected chi connectivity index (χ0v) is 6.45. The first kappa shape index (κ1) is 11.7. The summed E-state index contributed by atoms with van der Waals surface area (Å²) in [6, 6.07) is 0. The smallest absolute Gasteiger partial charge is 0.0639 e. The molecule has 0 saturated heterocycles. The highest BCUT2D eigenvalue weighted by molar-refractivity contribution is 4.80. The van der Waals surface area contributed by atoms with Gasteiger partial charge in [-0.2, -0.15) is 0 Å². The van der Waals surface area contributed by atoms with Gasteiger partial charge in [-0.1, -0.05) is 28.2 Å². The molecule has 58 valence electrons. The summed E-state index contributed by atoms with van der Waals surface area (Å²) < 4.78 is 0. The van der Waals surface area contributed by atoms with E-state index in [2.05, 4.69) is 0 Å². The molecule has 0 radical (unpaired) electrons. The van der Waals surface area contributed by atoms with E-state index in [0.717, 1.165) is 0 Å². The largest absolute Gasteiger partial charge is 0.390 e. The van der Waals surface area contributed by atoms with Gasteiger partial charge in [0.15, 0.2) is 0 Å². The Morgan fingerprint density at radius 3 is 1.00 bits per heavy atom. The van der Waals surface area contributed by atoms with Crippen LogP contribution in [0.3, 0.4) is 0 Å². The lowest BCUT2D eigenvalue weighted by molar-refractivity contribution is -0.0238. The highest BCUT2D eigenvalue weighted by atomic mass is 16.3. The van der Waals surface area contributed by atoms with Gasteiger partial charge in [0.2, 0.25) is 0 Å². The van der Waals surface area contributed by atoms with Crippen LogP contribution < -0.4 is 0 Å². The van der Waals surface area contributed by atoms with Crippen LogP contribution in [0.15, 0.2) is 0 Å². The molecule has 0 aromatic heterocycles. The lowest BCUT2D eigenvalue weighted by Crippen LogP contribution is -2.35. The zero-order valence-electron chi connectivity index (χ0n) is 6.45. The zero-order chi connectivity index (χ0) is 7.00. The van der Waals surface area contributed by atoms with Gasteiger partial charge in [0.1, 0.15) is 0 Å². The van der Waals surface area contributed by atoms with Crippen LogP contribution in [0.25, 0.3) is 0 Å². The quantitative estimate of drug-likeness (QED) is 0.536. The number of aliphatic hydroxyl groups is 1. The molecular formula is C8H20O. The van der Waals surface area contributed by atoms with Gasteiger partial charge in [0, 0.05) is 0 Å². The molecule has 0 fully saturated rings. The fraction of sp³-hybridized carbons (Fsp3) is 1.00. The molecule has 0 unspecified atom stereocenters. The predicted molar refractivity (Wildman–Crippen MR) is 42.5 cm³/mol. The van der Waals surface area contributed by atoms with Gasteiger partial charge in [-0.15, -0.1) is 0 Å². The highest BCUT2D eigenvalue weighted by Crippen LogP contribution is 2.28. The molecule has 0 bridgehead atoms. The van der Waals surface area contributed by atoms with Gasteiger partial charge in [-0.05, 0) is 19.3 Å². The first-order valence-corrected chi connectivity index (χ1v) is 2.97. The van der Waals surface area contributed by atoms with Gasteiger partial charge in [-0.25, -0.2) is 0 Å². The Hall–Kier alpha value is -0.0400. The molecule has 0 spiro atoms. The predicted octanol–water partition coefficient (Wildman–Crippen LogP) is 2.44. The number of rotatable bonds is 0. The van der Waals surface area contributed by atoms with Crippen molar-refractivity contribution in [2.75, 3.05) is 0 Å². The van der Waals surface area contributed by atoms with Crippen molar-refractivity contribution in [3.05, 3.63) is 0 Å². The normalized spacial score (nSPS) is 12.7. The lowest BCUT2D eigenvalue weighted by Gasteiger charge is -2.33. The van der Waals surface area contributed by atoms with Crippen molar-refractivity contribution in [3.63, 3.8) is 0 Å². The second-order valence-corrected chi connectivity index (χ2v) is 3.81. The summed E-state index contributed by atoms with van der Waals surface area (Å²) in [7, 11) is 0. The van der Waals surface area contributed by atoms with E-state index in [4.69, 9.17) is 0 Å². The monoisotopic (exact) mass is 132 g/mol. The van der Waals surface area contributed by atoms with Crippen LogP contribution in [-0.2, 0) is 0 Å². The molecule has 0 aliphatic carbocycles. The minimum absolute atomic E-state index is 0. The molecule has 1 N–H and O–H groups in total. The second-order valence-electron chi connectivity index (χ2n) is 3.81. The Morgan fingerprint density at radius 2 is 1.00 bits per heavy atom. The maximum atomic E-state index is 9.35. The Kier molecular flexibility index (Phi) is 3.51. The van der Waals surface area contributed by atoms with Gasteiger partial charge in [-0.3, -0.25) is 0 Å². The molecular weight excluding hydrogens is 112 g/mol. The molecule has 0 amide bonds. The minimum Gasteiger partial charge on any atom is -0.390 e. The molecule has 0 aliphatic heterocycles. The van der Waals surface area contributed by atoms with E-state index in [1.807, 2.05) is 34.6 Å². The average molecular weight is 132 g/mol. The van der Waals surface area contributed by atoms with Crippen LogP contribution in [0.1, 0.15) is 42.0 Å². The Labute approximate surface area is 59.1 Å². The van der Waals surface area contributed by atoms with Gasteiger partial charge >= 0.3 is 0 Å². The third kappa shape index (κ3) is 3.52. The molecule has 0 atom stereocenters. The molecule has 0 heterocycles. The van der Waals surface area contributed by atoms with Crippen LogP contribution in [0.4, 0.5) is 0 Å². The third-order valence-corrected chi connectivity index (χ3v) is 1.84. The first-order chi connectivity index (χ1) is 3.25. The summed E-state index contributed by atoms with van der Waals surface area (Å²) in [5, 5.41) is 9.35. The van der Waals surface area contributed by atoms with E-state index in [1.54, 1.807) is 0 Å². The SMILES string of the molecule is C.CC(C)(C)C(C)(C)O. The van der Waals surface area contributed by atoms with Crippen molar-refractivity contribution < 1.29 is 5.11 Å². The van der Waals surface area contributed by atoms with Gasteiger partial charge in [0.25, 0.3) is 0 Å². The maximum absolute atomic E-state index is 9.35. The van der Waals surface area contributed by atoms with Crippen molar-refractivity contribution in [3.8, 4) is 0 Å². The van der Waals surface area contributed by atoms with Crippen molar-refractivity contribution >= 4 is 0 Å². The summed E-state index contributed by atoms with van der Waals surface area (Å²) in [5.41, 5.74) is -0.569. The molecule has 9 heavy (non-hydrogen) atoms. The molecule has 1 heteroatoms. The third-order valence-electron chi connectivity index (χ3n) is 1.84. The first-order valence-electron chi connectivity index (χ1n) is 2.97. The minimum atomic E-state index is -0.562. The summed E-state index contributed by atoms with van der Waals surface area (Å²) in [6.45, 7) is 9.72. The van der Waals surface area contributed by atoms with E-state index in [0.29, 0.717) is 0 Å². The Morgan fingerprint density at radius 1 is 0.889 bits per heavy atom.